The summed E-state index contributed by atoms with van der Waals surface area (Å²) in [6.07, 6.45) is 3.93. The van der Waals surface area contributed by atoms with Crippen molar-refractivity contribution < 1.29 is 9.32 Å². The van der Waals surface area contributed by atoms with Gasteiger partial charge in [-0.05, 0) is 37.5 Å². The van der Waals surface area contributed by atoms with Crippen LogP contribution in [0.2, 0.25) is 0 Å². The molecule has 2 N–H and O–H groups in total. The van der Waals surface area contributed by atoms with E-state index >= 15 is 0 Å². The lowest BCUT2D eigenvalue weighted by atomic mass is 10.1. The lowest BCUT2D eigenvalue weighted by molar-refractivity contribution is 0.0951. The molecule has 4 rings (SSSR count). The SMILES string of the molecule is Cc1cc(C(=O)NCc2cc(C3CC3)on2)c2nc[nH]c2c1. The fourth-order valence-corrected chi connectivity index (χ4v) is 2.61. The van der Waals surface area contributed by atoms with Gasteiger partial charge in [0.15, 0.2) is 0 Å². The second-order valence-electron chi connectivity index (χ2n) is 5.79. The monoisotopic (exact) mass is 296 g/mol. The van der Waals surface area contributed by atoms with Crippen molar-refractivity contribution in [2.24, 2.45) is 0 Å². The van der Waals surface area contributed by atoms with Crippen LogP contribution < -0.4 is 5.32 Å². The van der Waals surface area contributed by atoms with E-state index in [4.69, 9.17) is 4.52 Å². The van der Waals surface area contributed by atoms with Crippen LogP contribution in [0.5, 0.6) is 0 Å². The molecule has 2 heterocycles. The second kappa shape index (κ2) is 4.98. The molecule has 0 aliphatic heterocycles. The predicted molar refractivity (Wildman–Crippen MR) is 80.5 cm³/mol. The van der Waals surface area contributed by atoms with E-state index in [1.807, 2.05) is 25.1 Å². The van der Waals surface area contributed by atoms with Crippen LogP contribution in [-0.2, 0) is 6.54 Å². The fraction of sp³-hybridized carbons (Fsp3) is 0.312. The van der Waals surface area contributed by atoms with Crippen LogP contribution >= 0.6 is 0 Å². The Morgan fingerprint density at radius 3 is 3.09 bits per heavy atom. The van der Waals surface area contributed by atoms with E-state index in [0.717, 1.165) is 22.5 Å². The van der Waals surface area contributed by atoms with Gasteiger partial charge in [-0.2, -0.15) is 0 Å². The molecule has 3 aromatic rings. The van der Waals surface area contributed by atoms with Crippen molar-refractivity contribution >= 4 is 16.9 Å². The van der Waals surface area contributed by atoms with E-state index < -0.39 is 0 Å². The topological polar surface area (TPSA) is 83.8 Å². The molecule has 22 heavy (non-hydrogen) atoms. The van der Waals surface area contributed by atoms with Gasteiger partial charge in [-0.1, -0.05) is 5.16 Å². The van der Waals surface area contributed by atoms with Gasteiger partial charge in [-0.15, -0.1) is 0 Å². The number of nitrogens with zero attached hydrogens (tertiary/aromatic N) is 2. The Bertz CT molecular complexity index is 845. The first-order valence-corrected chi connectivity index (χ1v) is 7.38. The largest absolute Gasteiger partial charge is 0.361 e. The Morgan fingerprint density at radius 2 is 2.27 bits per heavy atom. The third kappa shape index (κ3) is 2.36. The van der Waals surface area contributed by atoms with Gasteiger partial charge in [-0.3, -0.25) is 4.79 Å². The number of imidazole rings is 1. The van der Waals surface area contributed by atoms with Crippen LogP contribution in [0.4, 0.5) is 0 Å². The number of amides is 1. The van der Waals surface area contributed by atoms with E-state index in [1.165, 1.54) is 12.8 Å². The van der Waals surface area contributed by atoms with Crippen molar-refractivity contribution in [3.8, 4) is 0 Å². The third-order valence-electron chi connectivity index (χ3n) is 3.90. The van der Waals surface area contributed by atoms with E-state index in [1.54, 1.807) is 6.33 Å². The number of hydrogen-bond acceptors (Lipinski definition) is 4. The normalized spacial score (nSPS) is 14.4. The number of benzene rings is 1. The van der Waals surface area contributed by atoms with Crippen LogP contribution in [0.3, 0.4) is 0 Å². The Kier molecular flexibility index (Phi) is 2.96. The van der Waals surface area contributed by atoms with Crippen LogP contribution in [0.15, 0.2) is 29.0 Å². The van der Waals surface area contributed by atoms with Crippen molar-refractivity contribution in [3.63, 3.8) is 0 Å². The van der Waals surface area contributed by atoms with Gasteiger partial charge >= 0.3 is 0 Å². The molecular weight excluding hydrogens is 280 g/mol. The van der Waals surface area contributed by atoms with Crippen molar-refractivity contribution in [1.29, 1.82) is 0 Å². The number of nitrogens with one attached hydrogen (secondary N) is 2. The number of hydrogen-bond donors (Lipinski definition) is 2. The highest BCUT2D eigenvalue weighted by Crippen LogP contribution is 2.40. The minimum absolute atomic E-state index is 0.156. The maximum Gasteiger partial charge on any atom is 0.253 e. The van der Waals surface area contributed by atoms with Gasteiger partial charge in [-0.25, -0.2) is 4.98 Å². The first-order valence-electron chi connectivity index (χ1n) is 7.38. The average molecular weight is 296 g/mol. The highest BCUT2D eigenvalue weighted by atomic mass is 16.5. The molecule has 2 aromatic heterocycles. The van der Waals surface area contributed by atoms with E-state index in [0.29, 0.717) is 23.5 Å². The van der Waals surface area contributed by atoms with E-state index in [2.05, 4.69) is 20.4 Å². The van der Waals surface area contributed by atoms with Crippen LogP contribution in [0.1, 0.15) is 46.1 Å². The molecule has 0 atom stereocenters. The maximum atomic E-state index is 12.4. The molecule has 0 saturated heterocycles. The Balaban J connectivity index is 1.51. The third-order valence-corrected chi connectivity index (χ3v) is 3.90. The number of rotatable bonds is 4. The summed E-state index contributed by atoms with van der Waals surface area (Å²) in [7, 11) is 0. The Hall–Kier alpha value is -2.63. The standard InChI is InChI=1S/C16H16N4O2/c1-9-4-12(15-13(5-9)18-8-19-15)16(21)17-7-11-6-14(22-20-11)10-2-3-10/h4-6,8,10H,2-3,7H2,1H3,(H,17,21)(H,18,19). The number of fused-ring (bicyclic) bond motifs is 1. The molecule has 0 spiro atoms. The van der Waals surface area contributed by atoms with Crippen molar-refractivity contribution in [3.05, 3.63) is 47.1 Å². The molecule has 1 aliphatic carbocycles. The Morgan fingerprint density at radius 1 is 1.41 bits per heavy atom. The van der Waals surface area contributed by atoms with Gasteiger partial charge in [0.1, 0.15) is 17.0 Å². The van der Waals surface area contributed by atoms with Crippen LogP contribution in [-0.4, -0.2) is 21.0 Å². The molecule has 1 saturated carbocycles. The number of H-pyrrole nitrogens is 1. The summed E-state index contributed by atoms with van der Waals surface area (Å²) in [5.74, 6) is 1.30. The molecule has 0 unspecified atom stereocenters. The highest BCUT2D eigenvalue weighted by Gasteiger charge is 2.27. The summed E-state index contributed by atoms with van der Waals surface area (Å²) >= 11 is 0. The number of aromatic nitrogens is 3. The molecule has 1 aliphatic rings. The molecule has 1 aromatic carbocycles. The van der Waals surface area contributed by atoms with Crippen molar-refractivity contribution in [1.82, 2.24) is 20.4 Å². The van der Waals surface area contributed by atoms with Crippen LogP contribution in [0.25, 0.3) is 11.0 Å². The lowest BCUT2D eigenvalue weighted by Gasteiger charge is -2.05. The molecular formula is C16H16N4O2. The molecule has 1 amide bonds. The fourth-order valence-electron chi connectivity index (χ4n) is 2.61. The average Bonchev–Trinajstić information content (AvgIpc) is 3.07. The minimum atomic E-state index is -0.156. The quantitative estimate of drug-likeness (QED) is 0.775. The Labute approximate surface area is 126 Å². The predicted octanol–water partition coefficient (Wildman–Crippen LogP) is 2.67. The highest BCUT2D eigenvalue weighted by molar-refractivity contribution is 6.05. The number of carbonyl (C=O) groups is 1. The van der Waals surface area contributed by atoms with E-state index in [-0.39, 0.29) is 5.91 Å². The first kappa shape index (κ1) is 13.1. The smallest absolute Gasteiger partial charge is 0.253 e. The second-order valence-corrected chi connectivity index (χ2v) is 5.79. The lowest BCUT2D eigenvalue weighted by Crippen LogP contribution is -2.23. The van der Waals surface area contributed by atoms with E-state index in [9.17, 15) is 4.79 Å². The minimum Gasteiger partial charge on any atom is -0.361 e. The summed E-state index contributed by atoms with van der Waals surface area (Å²) in [5.41, 5.74) is 3.88. The van der Waals surface area contributed by atoms with Crippen molar-refractivity contribution in [2.45, 2.75) is 32.2 Å². The van der Waals surface area contributed by atoms with Gasteiger partial charge < -0.3 is 14.8 Å². The summed E-state index contributed by atoms with van der Waals surface area (Å²) in [6, 6.07) is 5.74. The van der Waals surface area contributed by atoms with Gasteiger partial charge in [0.2, 0.25) is 0 Å². The molecule has 6 nitrogen and oxygen atoms in total. The number of aryl methyl sites for hydroxylation is 1. The molecule has 1 fully saturated rings. The summed E-state index contributed by atoms with van der Waals surface area (Å²) in [5, 5.41) is 6.88. The summed E-state index contributed by atoms with van der Waals surface area (Å²) in [6.45, 7) is 2.31. The van der Waals surface area contributed by atoms with Crippen LogP contribution in [0, 0.1) is 6.92 Å². The zero-order valence-corrected chi connectivity index (χ0v) is 12.2. The molecule has 112 valence electrons. The summed E-state index contributed by atoms with van der Waals surface area (Å²) < 4.78 is 5.28. The maximum absolute atomic E-state index is 12.4. The van der Waals surface area contributed by atoms with Crippen molar-refractivity contribution in [2.75, 3.05) is 0 Å². The van der Waals surface area contributed by atoms with Gasteiger partial charge in [0.25, 0.3) is 5.91 Å². The zero-order chi connectivity index (χ0) is 15.1. The molecule has 0 radical (unpaired) electrons. The zero-order valence-electron chi connectivity index (χ0n) is 12.2. The summed E-state index contributed by atoms with van der Waals surface area (Å²) in [4.78, 5) is 19.7. The number of carbonyl (C=O) groups excluding carboxylic acids is 1. The first-order chi connectivity index (χ1) is 10.7. The molecule has 0 bridgehead atoms. The van der Waals surface area contributed by atoms with Gasteiger partial charge in [0.05, 0.1) is 24.0 Å². The molecule has 6 heteroatoms. The van der Waals surface area contributed by atoms with Gasteiger partial charge in [0, 0.05) is 12.0 Å². The number of aromatic amines is 1.